The van der Waals surface area contributed by atoms with Gasteiger partial charge in [0.05, 0.1) is 0 Å². The minimum Gasteiger partial charge on any atom is -0.348 e. The Bertz CT molecular complexity index is 328. The van der Waals surface area contributed by atoms with Crippen LogP contribution < -0.4 is 5.32 Å². The third-order valence-corrected chi connectivity index (χ3v) is 4.32. The Hall–Kier alpha value is -1.04. The van der Waals surface area contributed by atoms with E-state index < -0.39 is 0 Å². The molecule has 1 aliphatic rings. The highest BCUT2D eigenvalue weighted by atomic mass is 32.2. The highest BCUT2D eigenvalue weighted by molar-refractivity contribution is 8.00. The van der Waals surface area contributed by atoms with Gasteiger partial charge in [-0.15, -0.1) is 0 Å². The van der Waals surface area contributed by atoms with Crippen LogP contribution in [0.1, 0.15) is 29.9 Å². The fraction of sp³-hybridized carbons (Fsp3) is 0.667. The Morgan fingerprint density at radius 2 is 2.53 bits per heavy atom. The number of hydrogen-bond donors (Lipinski definition) is 2. The minimum absolute atomic E-state index is 0.173. The van der Waals surface area contributed by atoms with Gasteiger partial charge in [0.25, 0.3) is 5.91 Å². The van der Waals surface area contributed by atoms with Gasteiger partial charge in [-0.1, -0.05) is 6.42 Å². The van der Waals surface area contributed by atoms with Gasteiger partial charge in [-0.2, -0.15) is 16.9 Å². The quantitative estimate of drug-likeness (QED) is 0.797. The van der Waals surface area contributed by atoms with Crippen LogP contribution in [0, 0.1) is 0 Å². The van der Waals surface area contributed by atoms with Crippen LogP contribution in [0.25, 0.3) is 0 Å². The second kappa shape index (κ2) is 4.22. The molecule has 0 spiro atoms. The maximum absolute atomic E-state index is 11.6. The van der Waals surface area contributed by atoms with Gasteiger partial charge in [-0.25, -0.2) is 4.98 Å². The SMILES string of the molecule is CSC1(CNC(=O)c2ncn[nH]2)CCC1. The van der Waals surface area contributed by atoms with Crippen molar-refractivity contribution in [2.24, 2.45) is 0 Å². The summed E-state index contributed by atoms with van der Waals surface area (Å²) < 4.78 is 0.260. The average Bonchev–Trinajstić information content (AvgIpc) is 2.69. The predicted molar refractivity (Wildman–Crippen MR) is 58.8 cm³/mol. The molecule has 2 rings (SSSR count). The highest BCUT2D eigenvalue weighted by Gasteiger charge is 2.36. The molecular weight excluding hydrogens is 212 g/mol. The van der Waals surface area contributed by atoms with E-state index >= 15 is 0 Å². The van der Waals surface area contributed by atoms with Crippen LogP contribution in [-0.4, -0.2) is 38.6 Å². The van der Waals surface area contributed by atoms with E-state index in [9.17, 15) is 4.79 Å². The number of H-pyrrole nitrogens is 1. The van der Waals surface area contributed by atoms with Gasteiger partial charge < -0.3 is 5.32 Å². The first-order valence-electron chi connectivity index (χ1n) is 4.94. The van der Waals surface area contributed by atoms with Crippen LogP contribution in [0.15, 0.2) is 6.33 Å². The lowest BCUT2D eigenvalue weighted by Crippen LogP contribution is -2.45. The summed E-state index contributed by atoms with van der Waals surface area (Å²) in [5.41, 5.74) is 0. The lowest BCUT2D eigenvalue weighted by Gasteiger charge is -2.40. The molecule has 0 saturated heterocycles. The number of rotatable bonds is 4. The molecule has 0 aromatic carbocycles. The van der Waals surface area contributed by atoms with Crippen LogP contribution in [0.2, 0.25) is 0 Å². The van der Waals surface area contributed by atoms with Gasteiger partial charge in [-0.05, 0) is 19.1 Å². The Labute approximate surface area is 92.4 Å². The Morgan fingerprint density at radius 1 is 1.73 bits per heavy atom. The topological polar surface area (TPSA) is 70.7 Å². The van der Waals surface area contributed by atoms with Gasteiger partial charge >= 0.3 is 0 Å². The number of aromatic amines is 1. The standard InChI is InChI=1S/C9H14N4OS/c1-15-9(3-2-4-9)5-10-8(14)7-11-6-12-13-7/h6H,2-5H2,1H3,(H,10,14)(H,11,12,13). The van der Waals surface area contributed by atoms with Crippen molar-refractivity contribution in [2.75, 3.05) is 12.8 Å². The molecule has 1 aliphatic carbocycles. The van der Waals surface area contributed by atoms with Crippen molar-refractivity contribution in [3.8, 4) is 0 Å². The van der Waals surface area contributed by atoms with Crippen molar-refractivity contribution in [2.45, 2.75) is 24.0 Å². The Morgan fingerprint density at radius 3 is 3.00 bits per heavy atom. The number of thioether (sulfide) groups is 1. The van der Waals surface area contributed by atoms with Crippen molar-refractivity contribution >= 4 is 17.7 Å². The number of nitrogens with zero attached hydrogens (tertiary/aromatic N) is 2. The van der Waals surface area contributed by atoms with Gasteiger partial charge in [-0.3, -0.25) is 9.89 Å². The molecule has 1 aromatic heterocycles. The van der Waals surface area contributed by atoms with Crippen molar-refractivity contribution < 1.29 is 4.79 Å². The van der Waals surface area contributed by atoms with Gasteiger partial charge in [0.15, 0.2) is 0 Å². The molecule has 0 bridgehead atoms. The summed E-state index contributed by atoms with van der Waals surface area (Å²) in [5, 5.41) is 9.07. The molecule has 1 amide bonds. The maximum Gasteiger partial charge on any atom is 0.288 e. The predicted octanol–water partition coefficient (Wildman–Crippen LogP) is 0.820. The van der Waals surface area contributed by atoms with Crippen molar-refractivity contribution in [1.29, 1.82) is 0 Å². The highest BCUT2D eigenvalue weighted by Crippen LogP contribution is 2.42. The van der Waals surface area contributed by atoms with Gasteiger partial charge in [0.1, 0.15) is 6.33 Å². The molecule has 15 heavy (non-hydrogen) atoms. The fourth-order valence-electron chi connectivity index (χ4n) is 1.66. The summed E-state index contributed by atoms with van der Waals surface area (Å²) in [5.74, 6) is 0.110. The summed E-state index contributed by atoms with van der Waals surface area (Å²) in [6.07, 6.45) is 7.07. The monoisotopic (exact) mass is 226 g/mol. The first kappa shape index (κ1) is 10.5. The molecule has 0 radical (unpaired) electrons. The maximum atomic E-state index is 11.6. The number of carbonyl (C=O) groups excluding carboxylic acids is 1. The fourth-order valence-corrected chi connectivity index (χ4v) is 2.58. The Balaban J connectivity index is 1.85. The molecular formula is C9H14N4OS. The molecule has 0 aliphatic heterocycles. The molecule has 1 heterocycles. The summed E-state index contributed by atoms with van der Waals surface area (Å²) in [4.78, 5) is 15.4. The van der Waals surface area contributed by atoms with Crippen LogP contribution in [0.3, 0.4) is 0 Å². The zero-order valence-electron chi connectivity index (χ0n) is 8.62. The van der Waals surface area contributed by atoms with E-state index in [4.69, 9.17) is 0 Å². The zero-order chi connectivity index (χ0) is 10.7. The molecule has 0 atom stereocenters. The molecule has 6 heteroatoms. The first-order chi connectivity index (χ1) is 7.26. The third kappa shape index (κ3) is 2.14. The summed E-state index contributed by atoms with van der Waals surface area (Å²) in [7, 11) is 0. The van der Waals surface area contributed by atoms with Crippen molar-refractivity contribution in [3.63, 3.8) is 0 Å². The zero-order valence-corrected chi connectivity index (χ0v) is 9.43. The number of hydrogen-bond acceptors (Lipinski definition) is 4. The van der Waals surface area contributed by atoms with E-state index in [0.717, 1.165) is 0 Å². The van der Waals surface area contributed by atoms with Crippen LogP contribution in [0.5, 0.6) is 0 Å². The molecule has 1 saturated carbocycles. The third-order valence-electron chi connectivity index (χ3n) is 2.90. The van der Waals surface area contributed by atoms with Crippen LogP contribution in [-0.2, 0) is 0 Å². The van der Waals surface area contributed by atoms with Crippen molar-refractivity contribution in [1.82, 2.24) is 20.5 Å². The summed E-state index contributed by atoms with van der Waals surface area (Å²) >= 11 is 1.84. The molecule has 1 aromatic rings. The Kier molecular flexibility index (Phi) is 2.95. The lowest BCUT2D eigenvalue weighted by molar-refractivity contribution is 0.0934. The van der Waals surface area contributed by atoms with Crippen molar-refractivity contribution in [3.05, 3.63) is 12.2 Å². The van der Waals surface area contributed by atoms with E-state index in [1.165, 1.54) is 25.6 Å². The summed E-state index contributed by atoms with van der Waals surface area (Å²) in [6, 6.07) is 0. The van der Waals surface area contributed by atoms with Crippen LogP contribution >= 0.6 is 11.8 Å². The molecule has 5 nitrogen and oxygen atoms in total. The molecule has 2 N–H and O–H groups in total. The van der Waals surface area contributed by atoms with Crippen LogP contribution in [0.4, 0.5) is 0 Å². The number of carbonyl (C=O) groups is 1. The number of aromatic nitrogens is 3. The lowest BCUT2D eigenvalue weighted by atomic mass is 9.84. The second-order valence-electron chi connectivity index (χ2n) is 3.76. The minimum atomic E-state index is -0.173. The molecule has 0 unspecified atom stereocenters. The van der Waals surface area contributed by atoms with E-state index in [1.807, 2.05) is 11.8 Å². The van der Waals surface area contributed by atoms with E-state index in [0.29, 0.717) is 6.54 Å². The number of amides is 1. The van der Waals surface area contributed by atoms with E-state index in [-0.39, 0.29) is 16.5 Å². The van der Waals surface area contributed by atoms with E-state index in [1.54, 1.807) is 0 Å². The van der Waals surface area contributed by atoms with Gasteiger partial charge in [0.2, 0.25) is 5.82 Å². The summed E-state index contributed by atoms with van der Waals surface area (Å²) in [6.45, 7) is 0.716. The van der Waals surface area contributed by atoms with E-state index in [2.05, 4.69) is 26.8 Å². The molecule has 82 valence electrons. The smallest absolute Gasteiger partial charge is 0.288 e. The average molecular weight is 226 g/mol. The number of nitrogens with one attached hydrogen (secondary N) is 2. The first-order valence-corrected chi connectivity index (χ1v) is 6.17. The second-order valence-corrected chi connectivity index (χ2v) is 5.03. The van der Waals surface area contributed by atoms with Gasteiger partial charge in [0, 0.05) is 11.3 Å². The largest absolute Gasteiger partial charge is 0.348 e. The normalized spacial score (nSPS) is 18.2. The molecule has 1 fully saturated rings.